The first-order valence-corrected chi connectivity index (χ1v) is 8.12. The third-order valence-corrected chi connectivity index (χ3v) is 4.21. The maximum absolute atomic E-state index is 4.74. The monoisotopic (exact) mass is 314 g/mol. The fourth-order valence-corrected chi connectivity index (χ4v) is 2.90. The molecule has 0 saturated heterocycles. The molecule has 118 valence electrons. The average Bonchev–Trinajstić information content (AvgIpc) is 3.07. The highest BCUT2D eigenvalue weighted by atomic mass is 15.3. The molecule has 1 aromatic carbocycles. The van der Waals surface area contributed by atoms with Gasteiger partial charge in [0.05, 0.1) is 11.9 Å². The lowest BCUT2D eigenvalue weighted by Gasteiger charge is -2.05. The summed E-state index contributed by atoms with van der Waals surface area (Å²) in [5, 5.41) is 4.48. The van der Waals surface area contributed by atoms with E-state index in [0.29, 0.717) is 0 Å². The lowest BCUT2D eigenvalue weighted by atomic mass is 10.1. The molecule has 0 N–H and O–H groups in total. The van der Waals surface area contributed by atoms with Crippen LogP contribution in [-0.4, -0.2) is 19.6 Å². The van der Waals surface area contributed by atoms with E-state index >= 15 is 0 Å². The van der Waals surface area contributed by atoms with Gasteiger partial charge in [0.15, 0.2) is 5.65 Å². The van der Waals surface area contributed by atoms with Crippen LogP contribution < -0.4 is 0 Å². The molecule has 4 aromatic rings. The molecule has 0 radical (unpaired) electrons. The first-order valence-electron chi connectivity index (χ1n) is 8.12. The Balaban J connectivity index is 1.79. The van der Waals surface area contributed by atoms with E-state index < -0.39 is 0 Å². The summed E-state index contributed by atoms with van der Waals surface area (Å²) >= 11 is 0. The molecule has 0 bridgehead atoms. The Morgan fingerprint density at radius 2 is 1.79 bits per heavy atom. The van der Waals surface area contributed by atoms with Crippen LogP contribution in [0.1, 0.15) is 18.3 Å². The van der Waals surface area contributed by atoms with Crippen molar-refractivity contribution in [3.8, 4) is 22.4 Å². The molecular formula is C20H18N4. The first kappa shape index (κ1) is 14.6. The summed E-state index contributed by atoms with van der Waals surface area (Å²) in [4.78, 5) is 9.36. The molecule has 4 rings (SSSR count). The summed E-state index contributed by atoms with van der Waals surface area (Å²) in [6, 6.07) is 16.4. The van der Waals surface area contributed by atoms with Crippen molar-refractivity contribution in [1.29, 1.82) is 0 Å². The maximum atomic E-state index is 4.74. The minimum absolute atomic E-state index is 0.890. The second-order valence-corrected chi connectivity index (χ2v) is 5.83. The van der Waals surface area contributed by atoms with Gasteiger partial charge in [-0.2, -0.15) is 5.10 Å². The van der Waals surface area contributed by atoms with Crippen LogP contribution in [0.15, 0.2) is 60.9 Å². The fraction of sp³-hybridized carbons (Fsp3) is 0.150. The van der Waals surface area contributed by atoms with Crippen molar-refractivity contribution >= 4 is 5.65 Å². The van der Waals surface area contributed by atoms with E-state index in [-0.39, 0.29) is 0 Å². The van der Waals surface area contributed by atoms with Gasteiger partial charge in [0, 0.05) is 34.3 Å². The predicted molar refractivity (Wildman–Crippen MR) is 95.8 cm³/mol. The standard InChI is InChI=1S/C20H18N4/c1-3-17-11-14(2)24-20(23-17)18(13-22-24)16-9-10-19(21-12-16)15-7-5-4-6-8-15/h4-13H,3H2,1-2H3. The zero-order chi connectivity index (χ0) is 16.5. The zero-order valence-corrected chi connectivity index (χ0v) is 13.8. The summed E-state index contributed by atoms with van der Waals surface area (Å²) in [6.07, 6.45) is 4.68. The van der Waals surface area contributed by atoms with Crippen LogP contribution in [0.5, 0.6) is 0 Å². The predicted octanol–water partition coefficient (Wildman–Crippen LogP) is 4.33. The number of benzene rings is 1. The number of pyridine rings is 1. The second kappa shape index (κ2) is 5.89. The second-order valence-electron chi connectivity index (χ2n) is 5.83. The lowest BCUT2D eigenvalue weighted by molar-refractivity contribution is 0.872. The van der Waals surface area contributed by atoms with Gasteiger partial charge in [-0.25, -0.2) is 9.50 Å². The summed E-state index contributed by atoms with van der Waals surface area (Å²) in [5.74, 6) is 0. The molecule has 0 saturated carbocycles. The summed E-state index contributed by atoms with van der Waals surface area (Å²) in [6.45, 7) is 4.17. The molecule has 4 nitrogen and oxygen atoms in total. The lowest BCUT2D eigenvalue weighted by Crippen LogP contribution is -1.99. The number of hydrogen-bond donors (Lipinski definition) is 0. The summed E-state index contributed by atoms with van der Waals surface area (Å²) in [7, 11) is 0. The van der Waals surface area contributed by atoms with Gasteiger partial charge in [0.2, 0.25) is 0 Å². The molecule has 0 aliphatic heterocycles. The van der Waals surface area contributed by atoms with Crippen molar-refractivity contribution in [2.75, 3.05) is 0 Å². The van der Waals surface area contributed by atoms with Gasteiger partial charge in [-0.05, 0) is 25.5 Å². The molecule has 0 spiro atoms. The van der Waals surface area contributed by atoms with Gasteiger partial charge in [0.1, 0.15) is 0 Å². The Morgan fingerprint density at radius 1 is 0.958 bits per heavy atom. The van der Waals surface area contributed by atoms with E-state index in [1.807, 2.05) is 41.2 Å². The molecule has 0 fully saturated rings. The fourth-order valence-electron chi connectivity index (χ4n) is 2.90. The third kappa shape index (κ3) is 2.46. The van der Waals surface area contributed by atoms with Crippen molar-refractivity contribution in [2.24, 2.45) is 0 Å². The van der Waals surface area contributed by atoms with Gasteiger partial charge in [-0.1, -0.05) is 43.3 Å². The molecule has 0 unspecified atom stereocenters. The molecule has 3 heterocycles. The molecule has 0 aliphatic carbocycles. The molecule has 4 heteroatoms. The van der Waals surface area contributed by atoms with E-state index in [1.54, 1.807) is 0 Å². The highest BCUT2D eigenvalue weighted by Crippen LogP contribution is 2.26. The molecule has 3 aromatic heterocycles. The van der Waals surface area contributed by atoms with Crippen LogP contribution in [0.2, 0.25) is 0 Å². The van der Waals surface area contributed by atoms with E-state index in [9.17, 15) is 0 Å². The highest BCUT2D eigenvalue weighted by molar-refractivity contribution is 5.77. The Morgan fingerprint density at radius 3 is 2.50 bits per heavy atom. The molecule has 0 aliphatic rings. The number of hydrogen-bond acceptors (Lipinski definition) is 3. The normalized spacial score (nSPS) is 11.1. The van der Waals surface area contributed by atoms with Crippen molar-refractivity contribution in [2.45, 2.75) is 20.3 Å². The minimum atomic E-state index is 0.890. The highest BCUT2D eigenvalue weighted by Gasteiger charge is 2.11. The van der Waals surface area contributed by atoms with Crippen LogP contribution >= 0.6 is 0 Å². The Hall–Kier alpha value is -3.01. The van der Waals surface area contributed by atoms with Crippen LogP contribution in [-0.2, 0) is 6.42 Å². The third-order valence-electron chi connectivity index (χ3n) is 4.21. The van der Waals surface area contributed by atoms with Crippen LogP contribution in [0.4, 0.5) is 0 Å². The van der Waals surface area contributed by atoms with E-state index in [4.69, 9.17) is 4.98 Å². The van der Waals surface area contributed by atoms with E-state index in [2.05, 4.69) is 48.2 Å². The minimum Gasteiger partial charge on any atom is -0.256 e. The number of fused-ring (bicyclic) bond motifs is 1. The van der Waals surface area contributed by atoms with Gasteiger partial charge in [-0.15, -0.1) is 0 Å². The Kier molecular flexibility index (Phi) is 3.58. The Bertz CT molecular complexity index is 986. The van der Waals surface area contributed by atoms with Gasteiger partial charge >= 0.3 is 0 Å². The molecule has 0 amide bonds. The van der Waals surface area contributed by atoms with Crippen molar-refractivity contribution in [1.82, 2.24) is 19.6 Å². The van der Waals surface area contributed by atoms with Gasteiger partial charge in [-0.3, -0.25) is 4.98 Å². The average molecular weight is 314 g/mol. The SMILES string of the molecule is CCc1cc(C)n2ncc(-c3ccc(-c4ccccc4)nc3)c2n1. The molecular weight excluding hydrogens is 296 g/mol. The van der Waals surface area contributed by atoms with E-state index in [1.165, 1.54) is 0 Å². The van der Waals surface area contributed by atoms with Crippen molar-refractivity contribution in [3.05, 3.63) is 72.3 Å². The summed E-state index contributed by atoms with van der Waals surface area (Å²) < 4.78 is 1.89. The number of aryl methyl sites for hydroxylation is 2. The topological polar surface area (TPSA) is 43.1 Å². The number of aromatic nitrogens is 4. The maximum Gasteiger partial charge on any atom is 0.163 e. The first-order chi connectivity index (χ1) is 11.8. The van der Waals surface area contributed by atoms with Crippen LogP contribution in [0.25, 0.3) is 28.0 Å². The largest absolute Gasteiger partial charge is 0.256 e. The van der Waals surface area contributed by atoms with Crippen molar-refractivity contribution < 1.29 is 0 Å². The van der Waals surface area contributed by atoms with Crippen molar-refractivity contribution in [3.63, 3.8) is 0 Å². The van der Waals surface area contributed by atoms with E-state index in [0.717, 1.165) is 45.8 Å². The van der Waals surface area contributed by atoms with Crippen LogP contribution in [0, 0.1) is 6.92 Å². The zero-order valence-electron chi connectivity index (χ0n) is 13.8. The van der Waals surface area contributed by atoms with Gasteiger partial charge < -0.3 is 0 Å². The molecule has 0 atom stereocenters. The Labute approximate surface area is 140 Å². The molecule has 24 heavy (non-hydrogen) atoms. The smallest absolute Gasteiger partial charge is 0.163 e. The quantitative estimate of drug-likeness (QED) is 0.565. The number of rotatable bonds is 3. The number of nitrogens with zero attached hydrogens (tertiary/aromatic N) is 4. The van der Waals surface area contributed by atoms with Gasteiger partial charge in [0.25, 0.3) is 0 Å². The summed E-state index contributed by atoms with van der Waals surface area (Å²) in [5.41, 5.74) is 7.19. The van der Waals surface area contributed by atoms with Crippen LogP contribution in [0.3, 0.4) is 0 Å².